The monoisotopic (exact) mass is 213 g/mol. The van der Waals surface area contributed by atoms with Gasteiger partial charge < -0.3 is 0 Å². The number of aromatic nitrogens is 1. The van der Waals surface area contributed by atoms with Crippen molar-refractivity contribution in [3.05, 3.63) is 60.7 Å². The maximum Gasteiger partial charge on any atom is 0.131 e. The van der Waals surface area contributed by atoms with E-state index in [0.717, 1.165) is 16.7 Å². The van der Waals surface area contributed by atoms with Gasteiger partial charge in [0.15, 0.2) is 0 Å². The number of nitrogens with zero attached hydrogens (tertiary/aromatic N) is 1. The quantitative estimate of drug-likeness (QED) is 0.736. The highest BCUT2D eigenvalue weighted by Crippen LogP contribution is 2.28. The number of rotatable bonds is 2. The zero-order valence-corrected chi connectivity index (χ0v) is 9.07. The second kappa shape index (κ2) is 4.27. The Kier molecular flexibility index (Phi) is 2.82. The zero-order chi connectivity index (χ0) is 11.5. The molecular formula is C14H12FN. The first-order chi connectivity index (χ1) is 7.70. The molecule has 0 unspecified atom stereocenters. The van der Waals surface area contributed by atoms with E-state index in [1.165, 1.54) is 6.07 Å². The second-order valence-electron chi connectivity index (χ2n) is 3.68. The van der Waals surface area contributed by atoms with Gasteiger partial charge in [-0.3, -0.25) is 4.98 Å². The normalized spacial score (nSPS) is 10.1. The molecule has 0 bridgehead atoms. The van der Waals surface area contributed by atoms with E-state index in [0.29, 0.717) is 5.56 Å². The number of benzene rings is 1. The average molecular weight is 213 g/mol. The third-order valence-corrected chi connectivity index (χ3v) is 2.44. The first kappa shape index (κ1) is 10.6. The molecular weight excluding hydrogens is 201 g/mol. The Labute approximate surface area is 94.3 Å². The number of hydrogen-bond acceptors (Lipinski definition) is 1. The summed E-state index contributed by atoms with van der Waals surface area (Å²) < 4.78 is 13.7. The maximum absolute atomic E-state index is 13.7. The van der Waals surface area contributed by atoms with Crippen LogP contribution in [0.4, 0.5) is 4.39 Å². The highest BCUT2D eigenvalue weighted by Gasteiger charge is 2.09. The Morgan fingerprint density at radius 2 is 1.94 bits per heavy atom. The van der Waals surface area contributed by atoms with Gasteiger partial charge in [-0.1, -0.05) is 24.8 Å². The summed E-state index contributed by atoms with van der Waals surface area (Å²) in [5.74, 6) is -0.226. The standard InChI is InChI=1S/C14H12FN/c1-10(2)13-9-16-8-7-11(13)12-5-3-4-6-14(12)15/h3-9H,1H2,2H3. The summed E-state index contributed by atoms with van der Waals surface area (Å²) in [4.78, 5) is 4.04. The molecule has 1 aromatic heterocycles. The van der Waals surface area contributed by atoms with Crippen molar-refractivity contribution in [2.45, 2.75) is 6.92 Å². The molecule has 0 spiro atoms. The molecule has 0 amide bonds. The van der Waals surface area contributed by atoms with Gasteiger partial charge >= 0.3 is 0 Å². The SMILES string of the molecule is C=C(C)c1cnccc1-c1ccccc1F. The minimum atomic E-state index is -0.226. The van der Waals surface area contributed by atoms with Crippen LogP contribution < -0.4 is 0 Å². The van der Waals surface area contributed by atoms with E-state index in [4.69, 9.17) is 0 Å². The van der Waals surface area contributed by atoms with E-state index in [1.54, 1.807) is 24.5 Å². The van der Waals surface area contributed by atoms with Crippen molar-refractivity contribution in [1.82, 2.24) is 4.98 Å². The molecule has 1 nitrogen and oxygen atoms in total. The van der Waals surface area contributed by atoms with E-state index < -0.39 is 0 Å². The molecule has 0 radical (unpaired) electrons. The molecule has 0 saturated carbocycles. The molecule has 1 aromatic carbocycles. The van der Waals surface area contributed by atoms with Crippen LogP contribution in [0.2, 0.25) is 0 Å². The first-order valence-corrected chi connectivity index (χ1v) is 5.05. The van der Waals surface area contributed by atoms with Gasteiger partial charge in [0.2, 0.25) is 0 Å². The second-order valence-corrected chi connectivity index (χ2v) is 3.68. The highest BCUT2D eigenvalue weighted by molar-refractivity contribution is 5.79. The van der Waals surface area contributed by atoms with Crippen molar-refractivity contribution >= 4 is 5.57 Å². The van der Waals surface area contributed by atoms with Crippen LogP contribution in [0.25, 0.3) is 16.7 Å². The van der Waals surface area contributed by atoms with Crippen molar-refractivity contribution in [2.24, 2.45) is 0 Å². The van der Waals surface area contributed by atoms with E-state index in [1.807, 2.05) is 19.1 Å². The molecule has 0 aliphatic carbocycles. The van der Waals surface area contributed by atoms with Crippen molar-refractivity contribution in [1.29, 1.82) is 0 Å². The lowest BCUT2D eigenvalue weighted by Crippen LogP contribution is -1.90. The van der Waals surface area contributed by atoms with Gasteiger partial charge in [0.25, 0.3) is 0 Å². The summed E-state index contributed by atoms with van der Waals surface area (Å²) in [6.07, 6.45) is 3.37. The molecule has 2 heteroatoms. The largest absolute Gasteiger partial charge is 0.264 e. The fourth-order valence-electron chi connectivity index (χ4n) is 1.65. The molecule has 0 fully saturated rings. The van der Waals surface area contributed by atoms with Gasteiger partial charge in [-0.05, 0) is 30.2 Å². The summed E-state index contributed by atoms with van der Waals surface area (Å²) in [6, 6.07) is 8.53. The minimum absolute atomic E-state index is 0.226. The van der Waals surface area contributed by atoms with Gasteiger partial charge in [-0.15, -0.1) is 0 Å². The Hall–Kier alpha value is -1.96. The Morgan fingerprint density at radius 3 is 2.62 bits per heavy atom. The predicted molar refractivity (Wildman–Crippen MR) is 64.3 cm³/mol. The van der Waals surface area contributed by atoms with E-state index >= 15 is 0 Å². The van der Waals surface area contributed by atoms with Crippen molar-refractivity contribution < 1.29 is 4.39 Å². The molecule has 0 atom stereocenters. The van der Waals surface area contributed by atoms with E-state index in [2.05, 4.69) is 11.6 Å². The van der Waals surface area contributed by atoms with Crippen LogP contribution in [0.5, 0.6) is 0 Å². The number of hydrogen-bond donors (Lipinski definition) is 0. The zero-order valence-electron chi connectivity index (χ0n) is 9.07. The molecule has 2 aromatic rings. The van der Waals surface area contributed by atoms with Crippen LogP contribution in [0.15, 0.2) is 49.3 Å². The molecule has 0 saturated heterocycles. The van der Waals surface area contributed by atoms with Crippen molar-refractivity contribution in [2.75, 3.05) is 0 Å². The van der Waals surface area contributed by atoms with Crippen molar-refractivity contribution in [3.8, 4) is 11.1 Å². The van der Waals surface area contributed by atoms with E-state index in [9.17, 15) is 4.39 Å². The summed E-state index contributed by atoms with van der Waals surface area (Å²) in [5.41, 5.74) is 3.18. The summed E-state index contributed by atoms with van der Waals surface area (Å²) in [7, 11) is 0. The fourth-order valence-corrected chi connectivity index (χ4v) is 1.65. The number of allylic oxidation sites excluding steroid dienone is 1. The van der Waals surface area contributed by atoms with E-state index in [-0.39, 0.29) is 5.82 Å². The lowest BCUT2D eigenvalue weighted by Gasteiger charge is -2.09. The third kappa shape index (κ3) is 1.87. The van der Waals surface area contributed by atoms with Gasteiger partial charge in [-0.2, -0.15) is 0 Å². The highest BCUT2D eigenvalue weighted by atomic mass is 19.1. The third-order valence-electron chi connectivity index (χ3n) is 2.44. The van der Waals surface area contributed by atoms with Crippen molar-refractivity contribution in [3.63, 3.8) is 0 Å². The Bertz CT molecular complexity index is 532. The van der Waals surface area contributed by atoms with Crippen LogP contribution in [-0.2, 0) is 0 Å². The summed E-state index contributed by atoms with van der Waals surface area (Å²) >= 11 is 0. The minimum Gasteiger partial charge on any atom is -0.264 e. The van der Waals surface area contributed by atoms with Gasteiger partial charge in [0.05, 0.1) is 0 Å². The number of pyridine rings is 1. The lowest BCUT2D eigenvalue weighted by molar-refractivity contribution is 0.631. The van der Waals surface area contributed by atoms with Crippen LogP contribution >= 0.6 is 0 Å². The van der Waals surface area contributed by atoms with Crippen LogP contribution in [0.1, 0.15) is 12.5 Å². The fraction of sp³-hybridized carbons (Fsp3) is 0.0714. The molecule has 80 valence electrons. The molecule has 0 aliphatic rings. The predicted octanol–water partition coefficient (Wildman–Crippen LogP) is 3.92. The summed E-state index contributed by atoms with van der Waals surface area (Å²) in [6.45, 7) is 5.77. The molecule has 1 heterocycles. The molecule has 16 heavy (non-hydrogen) atoms. The van der Waals surface area contributed by atoms with Gasteiger partial charge in [0, 0.05) is 23.5 Å². The maximum atomic E-state index is 13.7. The first-order valence-electron chi connectivity index (χ1n) is 5.05. The molecule has 0 N–H and O–H groups in total. The topological polar surface area (TPSA) is 12.9 Å². The average Bonchev–Trinajstić information content (AvgIpc) is 2.29. The van der Waals surface area contributed by atoms with Crippen LogP contribution in [0, 0.1) is 5.82 Å². The Morgan fingerprint density at radius 1 is 1.19 bits per heavy atom. The summed E-state index contributed by atoms with van der Waals surface area (Å²) in [5, 5.41) is 0. The van der Waals surface area contributed by atoms with Gasteiger partial charge in [0.1, 0.15) is 5.82 Å². The Balaban J connectivity index is 2.65. The van der Waals surface area contributed by atoms with Crippen LogP contribution in [-0.4, -0.2) is 4.98 Å². The molecule has 0 aliphatic heterocycles. The smallest absolute Gasteiger partial charge is 0.131 e. The number of halogens is 1. The molecule has 2 rings (SSSR count). The lowest BCUT2D eigenvalue weighted by atomic mass is 9.98. The van der Waals surface area contributed by atoms with Crippen LogP contribution in [0.3, 0.4) is 0 Å². The van der Waals surface area contributed by atoms with Gasteiger partial charge in [-0.25, -0.2) is 4.39 Å².